The lowest BCUT2D eigenvalue weighted by molar-refractivity contribution is 0.0690. The highest BCUT2D eigenvalue weighted by atomic mass is 32.2. The Hall–Kier alpha value is -3.20. The van der Waals surface area contributed by atoms with Crippen LogP contribution >= 0.6 is 0 Å². The molecular formula is C17H14FN3O4S. The van der Waals surface area contributed by atoms with Crippen LogP contribution in [0.15, 0.2) is 59.6 Å². The summed E-state index contributed by atoms with van der Waals surface area (Å²) in [6.45, 7) is 1.66. The third-order valence-corrected chi connectivity index (χ3v) is 4.96. The van der Waals surface area contributed by atoms with Crippen LogP contribution in [0, 0.1) is 12.7 Å². The Bertz CT molecular complexity index is 1090. The molecule has 0 unspecified atom stereocenters. The molecule has 0 saturated heterocycles. The maximum absolute atomic E-state index is 14.0. The topological polar surface area (TPSA) is 101 Å². The van der Waals surface area contributed by atoms with Crippen molar-refractivity contribution in [1.82, 2.24) is 9.78 Å². The van der Waals surface area contributed by atoms with Crippen molar-refractivity contribution in [2.24, 2.45) is 0 Å². The Morgan fingerprint density at radius 1 is 1.19 bits per heavy atom. The molecule has 0 aliphatic carbocycles. The zero-order valence-electron chi connectivity index (χ0n) is 13.5. The van der Waals surface area contributed by atoms with E-state index in [2.05, 4.69) is 9.82 Å². The number of carboxylic acid groups (broad SMARTS) is 1. The Morgan fingerprint density at radius 2 is 1.92 bits per heavy atom. The molecule has 134 valence electrons. The van der Waals surface area contributed by atoms with E-state index < -0.39 is 26.7 Å². The van der Waals surface area contributed by atoms with Crippen LogP contribution in [0.4, 0.5) is 10.1 Å². The Labute approximate surface area is 148 Å². The predicted octanol–water partition coefficient (Wildman–Crippen LogP) is 2.82. The molecule has 0 amide bonds. The number of aryl methyl sites for hydroxylation is 1. The molecule has 0 radical (unpaired) electrons. The first kappa shape index (κ1) is 17.6. The van der Waals surface area contributed by atoms with Gasteiger partial charge in [-0.3, -0.25) is 4.72 Å². The highest BCUT2D eigenvalue weighted by molar-refractivity contribution is 7.92. The van der Waals surface area contributed by atoms with E-state index in [-0.39, 0.29) is 11.4 Å². The molecule has 0 aliphatic rings. The number of carboxylic acids is 1. The van der Waals surface area contributed by atoms with Gasteiger partial charge < -0.3 is 5.11 Å². The van der Waals surface area contributed by atoms with Crippen LogP contribution in [-0.4, -0.2) is 29.3 Å². The number of nitrogens with zero attached hydrogens (tertiary/aromatic N) is 2. The lowest BCUT2D eigenvalue weighted by Gasteiger charge is -2.13. The number of aromatic carboxylic acids is 1. The molecule has 1 heterocycles. The van der Waals surface area contributed by atoms with Gasteiger partial charge in [0.25, 0.3) is 10.0 Å². The van der Waals surface area contributed by atoms with Crippen LogP contribution in [0.1, 0.15) is 16.1 Å². The van der Waals surface area contributed by atoms with Gasteiger partial charge in [-0.05, 0) is 42.8 Å². The number of anilines is 1. The van der Waals surface area contributed by atoms with E-state index >= 15 is 0 Å². The second-order valence-electron chi connectivity index (χ2n) is 5.51. The van der Waals surface area contributed by atoms with Crippen molar-refractivity contribution in [3.05, 3.63) is 71.8 Å². The minimum Gasteiger partial charge on any atom is -0.476 e. The van der Waals surface area contributed by atoms with Crippen molar-refractivity contribution in [3.63, 3.8) is 0 Å². The number of hydrogen-bond acceptors (Lipinski definition) is 4. The molecule has 7 nitrogen and oxygen atoms in total. The fourth-order valence-electron chi connectivity index (χ4n) is 2.35. The Morgan fingerprint density at radius 3 is 2.62 bits per heavy atom. The van der Waals surface area contributed by atoms with Crippen molar-refractivity contribution in [2.45, 2.75) is 11.8 Å². The van der Waals surface area contributed by atoms with Crippen LogP contribution in [0.25, 0.3) is 5.69 Å². The highest BCUT2D eigenvalue weighted by Gasteiger charge is 2.21. The summed E-state index contributed by atoms with van der Waals surface area (Å²) in [7, 11) is -4.19. The van der Waals surface area contributed by atoms with Gasteiger partial charge in [0.15, 0.2) is 5.69 Å². The summed E-state index contributed by atoms with van der Waals surface area (Å²) in [6.07, 6.45) is 1.39. The maximum Gasteiger partial charge on any atom is 0.356 e. The molecule has 9 heteroatoms. The first-order chi connectivity index (χ1) is 12.3. The van der Waals surface area contributed by atoms with Gasteiger partial charge in [-0.25, -0.2) is 22.3 Å². The van der Waals surface area contributed by atoms with Gasteiger partial charge in [0.1, 0.15) is 10.7 Å². The summed E-state index contributed by atoms with van der Waals surface area (Å²) in [5.41, 5.74) is 0.843. The molecule has 0 aliphatic heterocycles. The smallest absolute Gasteiger partial charge is 0.356 e. The molecule has 0 atom stereocenters. The summed E-state index contributed by atoms with van der Waals surface area (Å²) in [5, 5.41) is 12.9. The molecule has 1 aromatic heterocycles. The monoisotopic (exact) mass is 375 g/mol. The van der Waals surface area contributed by atoms with E-state index in [1.807, 2.05) is 0 Å². The third-order valence-electron chi connectivity index (χ3n) is 3.58. The van der Waals surface area contributed by atoms with Crippen LogP contribution in [0.2, 0.25) is 0 Å². The molecule has 2 aromatic carbocycles. The maximum atomic E-state index is 14.0. The van der Waals surface area contributed by atoms with Crippen LogP contribution < -0.4 is 4.72 Å². The predicted molar refractivity (Wildman–Crippen MR) is 92.5 cm³/mol. The van der Waals surface area contributed by atoms with Gasteiger partial charge in [0.2, 0.25) is 0 Å². The second-order valence-corrected chi connectivity index (χ2v) is 7.16. The van der Waals surface area contributed by atoms with Crippen LogP contribution in [0.5, 0.6) is 0 Å². The zero-order chi connectivity index (χ0) is 18.9. The van der Waals surface area contributed by atoms with Crippen molar-refractivity contribution in [2.75, 3.05) is 4.72 Å². The molecule has 3 rings (SSSR count). The molecule has 26 heavy (non-hydrogen) atoms. The average molecular weight is 375 g/mol. The number of sulfonamides is 1. The van der Waals surface area contributed by atoms with Crippen molar-refractivity contribution >= 4 is 21.7 Å². The molecule has 0 fully saturated rings. The highest BCUT2D eigenvalue weighted by Crippen LogP contribution is 2.25. The first-order valence-corrected chi connectivity index (χ1v) is 8.93. The van der Waals surface area contributed by atoms with E-state index in [4.69, 9.17) is 5.11 Å². The van der Waals surface area contributed by atoms with E-state index in [0.717, 1.165) is 6.07 Å². The minimum absolute atomic E-state index is 0.133. The number of aromatic nitrogens is 2. The van der Waals surface area contributed by atoms with Crippen LogP contribution in [-0.2, 0) is 10.0 Å². The number of para-hydroxylation sites is 2. The molecule has 0 spiro atoms. The number of halogens is 1. The lowest BCUT2D eigenvalue weighted by Crippen LogP contribution is -2.16. The number of rotatable bonds is 5. The average Bonchev–Trinajstić information content (AvgIpc) is 3.07. The van der Waals surface area contributed by atoms with Gasteiger partial charge >= 0.3 is 5.97 Å². The van der Waals surface area contributed by atoms with E-state index in [1.54, 1.807) is 25.1 Å². The summed E-state index contributed by atoms with van der Waals surface area (Å²) in [5.74, 6) is -2.07. The molecular weight excluding hydrogens is 361 g/mol. The number of carbonyl (C=O) groups is 1. The normalized spacial score (nSPS) is 11.3. The van der Waals surface area contributed by atoms with Crippen molar-refractivity contribution in [3.8, 4) is 5.69 Å². The van der Waals surface area contributed by atoms with Gasteiger partial charge in [0, 0.05) is 6.20 Å². The summed E-state index contributed by atoms with van der Waals surface area (Å²) < 4.78 is 42.7. The van der Waals surface area contributed by atoms with Crippen molar-refractivity contribution < 1.29 is 22.7 Å². The SMILES string of the molecule is Cc1ccc(F)c(S(=O)(=O)Nc2ccccc2-n2ccc(C(=O)O)n2)c1. The van der Waals surface area contributed by atoms with Gasteiger partial charge in [-0.2, -0.15) is 5.10 Å². The number of nitrogens with one attached hydrogen (secondary N) is 1. The molecule has 3 aromatic rings. The van der Waals surface area contributed by atoms with Crippen LogP contribution in [0.3, 0.4) is 0 Å². The summed E-state index contributed by atoms with van der Waals surface area (Å²) >= 11 is 0. The van der Waals surface area contributed by atoms with Crippen molar-refractivity contribution in [1.29, 1.82) is 0 Å². The number of benzene rings is 2. The third kappa shape index (κ3) is 3.42. The molecule has 2 N–H and O–H groups in total. The van der Waals surface area contributed by atoms with Gasteiger partial charge in [-0.15, -0.1) is 0 Å². The summed E-state index contributed by atoms with van der Waals surface area (Å²) in [4.78, 5) is 10.5. The first-order valence-electron chi connectivity index (χ1n) is 7.45. The zero-order valence-corrected chi connectivity index (χ0v) is 14.4. The quantitative estimate of drug-likeness (QED) is 0.714. The summed E-state index contributed by atoms with van der Waals surface area (Å²) in [6, 6.07) is 11.3. The fraction of sp³-hybridized carbons (Fsp3) is 0.0588. The minimum atomic E-state index is -4.19. The van der Waals surface area contributed by atoms with E-state index in [0.29, 0.717) is 11.3 Å². The Balaban J connectivity index is 2.03. The lowest BCUT2D eigenvalue weighted by atomic mass is 10.2. The standard InChI is InChI=1S/C17H14FN3O4S/c1-11-6-7-12(18)16(10-11)26(24,25)20-13-4-2-3-5-15(13)21-9-8-14(19-21)17(22)23/h2-10,20H,1H3,(H,22,23). The fourth-order valence-corrected chi connectivity index (χ4v) is 3.59. The molecule has 0 bridgehead atoms. The number of hydrogen-bond donors (Lipinski definition) is 2. The van der Waals surface area contributed by atoms with Gasteiger partial charge in [0.05, 0.1) is 11.4 Å². The molecule has 0 saturated carbocycles. The van der Waals surface area contributed by atoms with E-state index in [1.165, 1.54) is 35.1 Å². The Kier molecular flexibility index (Phi) is 4.47. The van der Waals surface area contributed by atoms with E-state index in [9.17, 15) is 17.6 Å². The van der Waals surface area contributed by atoms with Gasteiger partial charge in [-0.1, -0.05) is 18.2 Å². The largest absolute Gasteiger partial charge is 0.476 e. The second kappa shape index (κ2) is 6.60.